The van der Waals surface area contributed by atoms with Crippen molar-refractivity contribution in [1.29, 1.82) is 0 Å². The van der Waals surface area contributed by atoms with E-state index in [2.05, 4.69) is 4.98 Å². The molecule has 1 heterocycles. The first-order valence-corrected chi connectivity index (χ1v) is 7.09. The predicted molar refractivity (Wildman–Crippen MR) is 82.0 cm³/mol. The van der Waals surface area contributed by atoms with Crippen molar-refractivity contribution in [2.24, 2.45) is 0 Å². The summed E-state index contributed by atoms with van der Waals surface area (Å²) in [5.74, 6) is -0.640. The molecule has 22 heavy (non-hydrogen) atoms. The summed E-state index contributed by atoms with van der Waals surface area (Å²) >= 11 is 0. The molecular weight excluding hydrogens is 283 g/mol. The second-order valence-corrected chi connectivity index (χ2v) is 5.05. The third kappa shape index (κ3) is 2.70. The van der Waals surface area contributed by atoms with Crippen molar-refractivity contribution in [2.75, 3.05) is 0 Å². The first kappa shape index (κ1) is 14.3. The highest BCUT2D eigenvalue weighted by Crippen LogP contribution is 2.27. The molecule has 0 aliphatic rings. The zero-order valence-corrected chi connectivity index (χ0v) is 11.9. The van der Waals surface area contributed by atoms with Gasteiger partial charge in [-0.25, -0.2) is 9.37 Å². The van der Waals surface area contributed by atoms with Crippen molar-refractivity contribution in [1.82, 2.24) is 9.55 Å². The van der Waals surface area contributed by atoms with Crippen molar-refractivity contribution >= 4 is 17.0 Å². The lowest BCUT2D eigenvalue weighted by Crippen LogP contribution is -2.04. The fourth-order valence-electron chi connectivity index (χ4n) is 2.54. The number of benzene rings is 2. The van der Waals surface area contributed by atoms with Gasteiger partial charge in [0.25, 0.3) is 0 Å². The highest BCUT2D eigenvalue weighted by atomic mass is 19.1. The number of halogens is 1. The van der Waals surface area contributed by atoms with Crippen LogP contribution >= 0.6 is 0 Å². The van der Waals surface area contributed by atoms with Gasteiger partial charge in [-0.05, 0) is 30.7 Å². The summed E-state index contributed by atoms with van der Waals surface area (Å²) in [6.45, 7) is 0.483. The van der Waals surface area contributed by atoms with E-state index in [1.54, 1.807) is 18.2 Å². The number of aromatic nitrogens is 2. The lowest BCUT2D eigenvalue weighted by Gasteiger charge is -2.09. The van der Waals surface area contributed by atoms with Crippen LogP contribution in [0.5, 0.6) is 0 Å². The smallest absolute Gasteiger partial charge is 0.303 e. The summed E-state index contributed by atoms with van der Waals surface area (Å²) < 4.78 is 16.0. The fourth-order valence-corrected chi connectivity index (χ4v) is 2.54. The van der Waals surface area contributed by atoms with Crippen LogP contribution in [0.2, 0.25) is 0 Å². The molecule has 4 nitrogen and oxygen atoms in total. The fraction of sp³-hybridized carbons (Fsp3) is 0.176. The number of fused-ring (bicyclic) bond motifs is 1. The van der Waals surface area contributed by atoms with Gasteiger partial charge in [0.05, 0.1) is 16.6 Å². The topological polar surface area (TPSA) is 55.1 Å². The zero-order chi connectivity index (χ0) is 15.5. The van der Waals surface area contributed by atoms with Crippen molar-refractivity contribution in [3.05, 3.63) is 54.3 Å². The van der Waals surface area contributed by atoms with Crippen LogP contribution in [-0.4, -0.2) is 20.6 Å². The van der Waals surface area contributed by atoms with Gasteiger partial charge in [-0.2, -0.15) is 0 Å². The summed E-state index contributed by atoms with van der Waals surface area (Å²) in [5, 5.41) is 8.80. The lowest BCUT2D eigenvalue weighted by atomic mass is 10.2. The number of aryl methyl sites for hydroxylation is 1. The maximum Gasteiger partial charge on any atom is 0.303 e. The quantitative estimate of drug-likeness (QED) is 0.781. The highest BCUT2D eigenvalue weighted by molar-refractivity contribution is 5.80. The van der Waals surface area contributed by atoms with Crippen LogP contribution in [0.4, 0.5) is 4.39 Å². The Morgan fingerprint density at radius 3 is 2.64 bits per heavy atom. The minimum atomic E-state index is -0.836. The van der Waals surface area contributed by atoms with Crippen molar-refractivity contribution < 1.29 is 14.3 Å². The number of carbonyl (C=O) groups is 1. The van der Waals surface area contributed by atoms with Gasteiger partial charge in [0.2, 0.25) is 0 Å². The number of hydrogen-bond acceptors (Lipinski definition) is 2. The molecular formula is C17H15FN2O2. The van der Waals surface area contributed by atoms with Crippen LogP contribution in [-0.2, 0) is 11.3 Å². The van der Waals surface area contributed by atoms with Crippen molar-refractivity contribution in [3.8, 4) is 11.4 Å². The van der Waals surface area contributed by atoms with Crippen LogP contribution in [0.15, 0.2) is 48.5 Å². The molecule has 0 fully saturated rings. The Labute approximate surface area is 126 Å². The Morgan fingerprint density at radius 2 is 1.86 bits per heavy atom. The molecule has 0 radical (unpaired) electrons. The van der Waals surface area contributed by atoms with E-state index >= 15 is 0 Å². The number of hydrogen-bond donors (Lipinski definition) is 1. The summed E-state index contributed by atoms with van der Waals surface area (Å²) in [7, 11) is 0. The minimum absolute atomic E-state index is 0.0726. The molecule has 5 heteroatoms. The summed E-state index contributed by atoms with van der Waals surface area (Å²) in [6, 6.07) is 14.0. The SMILES string of the molecule is O=C(O)CCCn1c(-c2ccccc2F)nc2ccccc21. The molecule has 3 rings (SSSR count). The first-order valence-electron chi connectivity index (χ1n) is 7.09. The van der Waals surface area contributed by atoms with E-state index in [4.69, 9.17) is 5.11 Å². The number of para-hydroxylation sites is 2. The molecule has 1 aromatic heterocycles. The van der Waals surface area contributed by atoms with Gasteiger partial charge in [0.1, 0.15) is 11.6 Å². The van der Waals surface area contributed by atoms with Crippen LogP contribution in [0, 0.1) is 5.82 Å². The monoisotopic (exact) mass is 298 g/mol. The second kappa shape index (κ2) is 5.97. The minimum Gasteiger partial charge on any atom is -0.481 e. The van der Waals surface area contributed by atoms with Gasteiger partial charge in [0.15, 0.2) is 0 Å². The molecule has 0 atom stereocenters. The molecule has 112 valence electrons. The highest BCUT2D eigenvalue weighted by Gasteiger charge is 2.15. The Balaban J connectivity index is 2.08. The van der Waals surface area contributed by atoms with E-state index in [-0.39, 0.29) is 12.2 Å². The molecule has 0 aliphatic heterocycles. The van der Waals surface area contributed by atoms with E-state index in [1.807, 2.05) is 28.8 Å². The van der Waals surface area contributed by atoms with Crippen LogP contribution < -0.4 is 0 Å². The van der Waals surface area contributed by atoms with E-state index in [9.17, 15) is 9.18 Å². The van der Waals surface area contributed by atoms with E-state index in [0.29, 0.717) is 24.4 Å². The number of rotatable bonds is 5. The van der Waals surface area contributed by atoms with Crippen LogP contribution in [0.3, 0.4) is 0 Å². The van der Waals surface area contributed by atoms with Gasteiger partial charge in [-0.3, -0.25) is 4.79 Å². The third-order valence-electron chi connectivity index (χ3n) is 3.54. The maximum atomic E-state index is 14.1. The van der Waals surface area contributed by atoms with Crippen molar-refractivity contribution in [3.63, 3.8) is 0 Å². The van der Waals surface area contributed by atoms with Gasteiger partial charge >= 0.3 is 5.97 Å². The summed E-state index contributed by atoms with van der Waals surface area (Å²) in [5.41, 5.74) is 2.08. The van der Waals surface area contributed by atoms with E-state index in [0.717, 1.165) is 11.0 Å². The van der Waals surface area contributed by atoms with Gasteiger partial charge in [0, 0.05) is 13.0 Å². The number of carboxylic acids is 1. The largest absolute Gasteiger partial charge is 0.481 e. The molecule has 1 N–H and O–H groups in total. The Kier molecular flexibility index (Phi) is 3.87. The van der Waals surface area contributed by atoms with Crippen LogP contribution in [0.1, 0.15) is 12.8 Å². The van der Waals surface area contributed by atoms with Crippen LogP contribution in [0.25, 0.3) is 22.4 Å². The predicted octanol–water partition coefficient (Wildman–Crippen LogP) is 3.71. The number of nitrogens with zero attached hydrogens (tertiary/aromatic N) is 2. The third-order valence-corrected chi connectivity index (χ3v) is 3.54. The van der Waals surface area contributed by atoms with Gasteiger partial charge < -0.3 is 9.67 Å². The molecule has 0 spiro atoms. The molecule has 0 saturated carbocycles. The average Bonchev–Trinajstić information content (AvgIpc) is 2.86. The molecule has 3 aromatic rings. The van der Waals surface area contributed by atoms with Gasteiger partial charge in [-0.1, -0.05) is 24.3 Å². The van der Waals surface area contributed by atoms with Crippen molar-refractivity contribution in [2.45, 2.75) is 19.4 Å². The normalized spacial score (nSPS) is 11.0. The zero-order valence-electron chi connectivity index (χ0n) is 11.9. The molecule has 0 aliphatic carbocycles. The molecule has 0 amide bonds. The molecule has 0 bridgehead atoms. The Hall–Kier alpha value is -2.69. The Bertz CT molecular complexity index is 826. The Morgan fingerprint density at radius 1 is 1.14 bits per heavy atom. The number of aliphatic carboxylic acids is 1. The van der Waals surface area contributed by atoms with Gasteiger partial charge in [-0.15, -0.1) is 0 Å². The standard InChI is InChI=1S/C17H15FN2O2/c18-13-7-2-1-6-12(13)17-19-14-8-3-4-9-15(14)20(17)11-5-10-16(21)22/h1-4,6-9H,5,10-11H2,(H,21,22). The van der Waals surface area contributed by atoms with E-state index in [1.165, 1.54) is 6.07 Å². The summed E-state index contributed by atoms with van der Waals surface area (Å²) in [4.78, 5) is 15.2. The maximum absolute atomic E-state index is 14.1. The van der Waals surface area contributed by atoms with E-state index < -0.39 is 5.97 Å². The second-order valence-electron chi connectivity index (χ2n) is 5.05. The number of imidazole rings is 1. The number of carboxylic acid groups (broad SMARTS) is 1. The molecule has 0 saturated heterocycles. The first-order chi connectivity index (χ1) is 10.7. The summed E-state index contributed by atoms with van der Waals surface area (Å²) in [6.07, 6.45) is 0.542. The lowest BCUT2D eigenvalue weighted by molar-refractivity contribution is -0.137. The average molecular weight is 298 g/mol. The molecule has 0 unspecified atom stereocenters. The molecule has 2 aromatic carbocycles.